The molecule has 39 heavy (non-hydrogen) atoms. The molecule has 1 saturated heterocycles. The lowest BCUT2D eigenvalue weighted by Gasteiger charge is -2.16. The topological polar surface area (TPSA) is 172 Å². The first-order valence-electron chi connectivity index (χ1n) is 12.0. The number of carbonyl (C=O) groups excluding carboxylic acids is 1. The minimum atomic E-state index is -3.88. The Balaban J connectivity index is 1.30. The Kier molecular flexibility index (Phi) is 8.47. The predicted molar refractivity (Wildman–Crippen MR) is 144 cm³/mol. The maximum Gasteiger partial charge on any atom is 0.414 e. The number of carboxylic acids is 1. The van der Waals surface area contributed by atoms with E-state index in [1.54, 1.807) is 78.9 Å². The molecule has 1 heterocycles. The van der Waals surface area contributed by atoms with E-state index in [1.807, 2.05) is 0 Å². The number of cyclic esters (lactones) is 1. The summed E-state index contributed by atoms with van der Waals surface area (Å²) >= 11 is 0. The van der Waals surface area contributed by atoms with Crippen molar-refractivity contribution in [1.82, 2.24) is 4.72 Å². The largest absolute Gasteiger partial charge is 0.490 e. The highest BCUT2D eigenvalue weighted by molar-refractivity contribution is 7.88. The predicted octanol–water partition coefficient (Wildman–Crippen LogP) is 2.49. The van der Waals surface area contributed by atoms with Gasteiger partial charge in [0, 0.05) is 11.3 Å². The van der Waals surface area contributed by atoms with Crippen LogP contribution in [0.2, 0.25) is 0 Å². The molecule has 4 rings (SSSR count). The minimum Gasteiger partial charge on any atom is -0.490 e. The molecule has 11 nitrogen and oxygen atoms in total. The number of nitrogens with zero attached hydrogens (tertiary/aromatic N) is 1. The van der Waals surface area contributed by atoms with E-state index in [1.165, 1.54) is 4.90 Å². The van der Waals surface area contributed by atoms with Gasteiger partial charge in [-0.3, -0.25) is 15.1 Å². The number of anilines is 1. The molecule has 2 unspecified atom stereocenters. The number of nitrogens with two attached hydrogens (primary N) is 1. The number of amides is 1. The van der Waals surface area contributed by atoms with E-state index in [-0.39, 0.29) is 31.2 Å². The molecule has 0 saturated carbocycles. The van der Waals surface area contributed by atoms with Crippen molar-refractivity contribution >= 4 is 33.6 Å². The zero-order chi connectivity index (χ0) is 28.0. The first kappa shape index (κ1) is 27.6. The van der Waals surface area contributed by atoms with Crippen molar-refractivity contribution in [3.05, 3.63) is 95.6 Å². The van der Waals surface area contributed by atoms with Crippen molar-refractivity contribution < 1.29 is 32.6 Å². The number of hydrogen-bond donors (Lipinski definition) is 4. The second-order valence-corrected chi connectivity index (χ2v) is 10.7. The summed E-state index contributed by atoms with van der Waals surface area (Å²) in [4.78, 5) is 25.5. The fraction of sp³-hybridized carbons (Fsp3) is 0.222. The molecular formula is C27H28N4O7S. The summed E-state index contributed by atoms with van der Waals surface area (Å²) in [6, 6.07) is 20.4. The fourth-order valence-corrected chi connectivity index (χ4v) is 5.35. The summed E-state index contributed by atoms with van der Waals surface area (Å²) in [5, 5.41) is 17.0. The lowest BCUT2D eigenvalue weighted by molar-refractivity contribution is -0.138. The van der Waals surface area contributed by atoms with Crippen LogP contribution in [-0.2, 0) is 31.7 Å². The molecule has 0 aliphatic carbocycles. The molecule has 1 amide bonds. The third-order valence-corrected chi connectivity index (χ3v) is 7.34. The van der Waals surface area contributed by atoms with Gasteiger partial charge in [0.05, 0.1) is 12.3 Å². The van der Waals surface area contributed by atoms with E-state index in [0.717, 1.165) is 0 Å². The quantitative estimate of drug-likeness (QED) is 0.196. The Morgan fingerprint density at radius 1 is 1.08 bits per heavy atom. The number of aliphatic carboxylic acids is 1. The van der Waals surface area contributed by atoms with Crippen molar-refractivity contribution in [2.75, 3.05) is 18.1 Å². The van der Waals surface area contributed by atoms with E-state index in [9.17, 15) is 23.1 Å². The zero-order valence-corrected chi connectivity index (χ0v) is 21.6. The highest BCUT2D eigenvalue weighted by Gasteiger charge is 2.33. The summed E-state index contributed by atoms with van der Waals surface area (Å²) in [7, 11) is -3.88. The average Bonchev–Trinajstić information content (AvgIpc) is 3.28. The molecular weight excluding hydrogens is 524 g/mol. The summed E-state index contributed by atoms with van der Waals surface area (Å²) in [6.45, 7) is 0.379. The Labute approximate surface area is 225 Å². The van der Waals surface area contributed by atoms with Gasteiger partial charge in [-0.1, -0.05) is 42.5 Å². The van der Waals surface area contributed by atoms with Gasteiger partial charge >= 0.3 is 12.1 Å². The number of carboxylic acid groups (broad SMARTS) is 1. The fourth-order valence-electron chi connectivity index (χ4n) is 4.02. The number of carbonyl (C=O) groups is 2. The summed E-state index contributed by atoms with van der Waals surface area (Å²) < 4.78 is 38.4. The van der Waals surface area contributed by atoms with Crippen LogP contribution in [0.3, 0.4) is 0 Å². The van der Waals surface area contributed by atoms with Gasteiger partial charge in [-0.05, 0) is 53.9 Å². The number of ether oxygens (including phenoxy) is 2. The van der Waals surface area contributed by atoms with Crippen LogP contribution in [0.15, 0.2) is 78.9 Å². The van der Waals surface area contributed by atoms with E-state index >= 15 is 0 Å². The maximum absolute atomic E-state index is 12.5. The van der Waals surface area contributed by atoms with Gasteiger partial charge in [0.1, 0.15) is 24.2 Å². The van der Waals surface area contributed by atoms with Gasteiger partial charge in [-0.2, -0.15) is 0 Å². The standard InChI is InChI=1S/C27H28N4O7S/c28-25(29)20-8-10-21(11-9-20)31-15-23(38-27(31)34)16-37-22-12-6-18(7-13-22)14-24(26(32)33)30-39(35,36)17-19-4-2-1-3-5-19/h1-13,23-24,30H,14-17H2,(H3,28,29)(H,32,33). The van der Waals surface area contributed by atoms with Crippen molar-refractivity contribution in [2.24, 2.45) is 5.73 Å². The van der Waals surface area contributed by atoms with Gasteiger partial charge in [0.2, 0.25) is 10.0 Å². The van der Waals surface area contributed by atoms with E-state index in [2.05, 4.69) is 4.72 Å². The molecule has 0 radical (unpaired) electrons. The van der Waals surface area contributed by atoms with Crippen molar-refractivity contribution in [2.45, 2.75) is 24.3 Å². The Morgan fingerprint density at radius 3 is 2.36 bits per heavy atom. The first-order chi connectivity index (χ1) is 18.6. The normalized spacial score (nSPS) is 15.9. The van der Waals surface area contributed by atoms with Crippen LogP contribution in [0.4, 0.5) is 10.5 Å². The average molecular weight is 553 g/mol. The smallest absolute Gasteiger partial charge is 0.414 e. The zero-order valence-electron chi connectivity index (χ0n) is 20.8. The van der Waals surface area contributed by atoms with Crippen LogP contribution < -0.4 is 20.1 Å². The lowest BCUT2D eigenvalue weighted by atomic mass is 10.1. The minimum absolute atomic E-state index is 0.0543. The van der Waals surface area contributed by atoms with Gasteiger partial charge in [0.25, 0.3) is 0 Å². The third kappa shape index (κ3) is 7.55. The van der Waals surface area contributed by atoms with E-state index in [0.29, 0.717) is 28.1 Å². The van der Waals surface area contributed by atoms with Gasteiger partial charge in [-0.25, -0.2) is 17.9 Å². The van der Waals surface area contributed by atoms with Crippen LogP contribution in [-0.4, -0.2) is 56.7 Å². The number of nitrogen functional groups attached to an aromatic ring is 1. The number of rotatable bonds is 12. The third-order valence-electron chi connectivity index (χ3n) is 5.98. The van der Waals surface area contributed by atoms with E-state index < -0.39 is 34.2 Å². The number of nitrogens with one attached hydrogen (secondary N) is 2. The molecule has 1 fully saturated rings. The summed E-state index contributed by atoms with van der Waals surface area (Å²) in [5.74, 6) is -1.19. The van der Waals surface area contributed by atoms with Crippen LogP contribution in [0.25, 0.3) is 0 Å². The molecule has 0 aromatic heterocycles. The number of sulfonamides is 1. The molecule has 1 aliphatic rings. The second kappa shape index (κ2) is 12.0. The van der Waals surface area contributed by atoms with Crippen LogP contribution in [0.5, 0.6) is 5.75 Å². The summed E-state index contributed by atoms with van der Waals surface area (Å²) in [6.07, 6.45) is -1.08. The van der Waals surface area contributed by atoms with Crippen LogP contribution >= 0.6 is 0 Å². The van der Waals surface area contributed by atoms with Crippen molar-refractivity contribution in [3.8, 4) is 5.75 Å². The summed E-state index contributed by atoms with van der Waals surface area (Å²) in [5.41, 5.74) is 7.79. The number of benzene rings is 3. The lowest BCUT2D eigenvalue weighted by Crippen LogP contribution is -2.42. The molecule has 1 aliphatic heterocycles. The SMILES string of the molecule is N=C(N)c1ccc(N2CC(COc3ccc(CC(NS(=O)(=O)Cc4ccccc4)C(=O)O)cc3)OC2=O)cc1. The molecule has 3 aromatic carbocycles. The Morgan fingerprint density at radius 2 is 1.74 bits per heavy atom. The number of amidine groups is 1. The van der Waals surface area contributed by atoms with Gasteiger partial charge in [0.15, 0.2) is 6.10 Å². The maximum atomic E-state index is 12.5. The van der Waals surface area contributed by atoms with Gasteiger partial charge in [-0.15, -0.1) is 0 Å². The van der Waals surface area contributed by atoms with Crippen LogP contribution in [0, 0.1) is 5.41 Å². The Bertz CT molecular complexity index is 1430. The van der Waals surface area contributed by atoms with E-state index in [4.69, 9.17) is 20.6 Å². The molecule has 0 bridgehead atoms. The molecule has 204 valence electrons. The second-order valence-electron chi connectivity index (χ2n) is 8.99. The first-order valence-corrected chi connectivity index (χ1v) is 13.7. The Hall–Kier alpha value is -4.42. The molecule has 0 spiro atoms. The van der Waals surface area contributed by atoms with Gasteiger partial charge < -0.3 is 20.3 Å². The number of hydrogen-bond acceptors (Lipinski definition) is 7. The van der Waals surface area contributed by atoms with Crippen molar-refractivity contribution in [3.63, 3.8) is 0 Å². The molecule has 3 aromatic rings. The molecule has 5 N–H and O–H groups in total. The molecule has 2 atom stereocenters. The highest BCUT2D eigenvalue weighted by atomic mass is 32.2. The molecule has 12 heteroatoms. The van der Waals surface area contributed by atoms with Crippen LogP contribution in [0.1, 0.15) is 16.7 Å². The highest BCUT2D eigenvalue weighted by Crippen LogP contribution is 2.23. The van der Waals surface area contributed by atoms with Crippen molar-refractivity contribution in [1.29, 1.82) is 5.41 Å². The monoisotopic (exact) mass is 552 g/mol.